The number of nitrogens with one attached hydrogen (secondary N) is 1. The fourth-order valence-corrected chi connectivity index (χ4v) is 3.93. The van der Waals surface area contributed by atoms with Gasteiger partial charge in [0.05, 0.1) is 44.2 Å². The highest BCUT2D eigenvalue weighted by atomic mass is 16.7. The lowest BCUT2D eigenvalue weighted by Crippen LogP contribution is -2.50. The number of amides is 2. The van der Waals surface area contributed by atoms with Crippen molar-refractivity contribution in [3.63, 3.8) is 0 Å². The van der Waals surface area contributed by atoms with Gasteiger partial charge in [0.25, 0.3) is 0 Å². The van der Waals surface area contributed by atoms with Crippen LogP contribution in [0.4, 0.5) is 0 Å². The minimum absolute atomic E-state index is 0.00948. The summed E-state index contributed by atoms with van der Waals surface area (Å²) in [6, 6.07) is -1.08. The van der Waals surface area contributed by atoms with Crippen molar-refractivity contribution in [2.45, 2.75) is 103 Å². The van der Waals surface area contributed by atoms with Gasteiger partial charge in [-0.3, -0.25) is 9.59 Å². The monoisotopic (exact) mass is 492 g/mol. The Kier molecular flexibility index (Phi) is 14.8. The molecule has 1 rings (SSSR count). The lowest BCUT2D eigenvalue weighted by molar-refractivity contribution is -0.214. The topological polar surface area (TPSA) is 158 Å². The molecule has 6 atom stereocenters. The van der Waals surface area contributed by atoms with Crippen LogP contribution in [0.5, 0.6) is 0 Å². The van der Waals surface area contributed by atoms with Crippen molar-refractivity contribution in [3.05, 3.63) is 0 Å². The molecular formula is C23H44N2O9. The van der Waals surface area contributed by atoms with Crippen LogP contribution in [0.25, 0.3) is 0 Å². The third-order valence-corrected chi connectivity index (χ3v) is 5.63. The van der Waals surface area contributed by atoms with Gasteiger partial charge in [-0.2, -0.15) is 0 Å². The van der Waals surface area contributed by atoms with Crippen LogP contribution < -0.4 is 5.32 Å². The zero-order valence-corrected chi connectivity index (χ0v) is 20.9. The molecule has 11 nitrogen and oxygen atoms in total. The molecule has 11 heteroatoms. The predicted molar refractivity (Wildman–Crippen MR) is 124 cm³/mol. The zero-order chi connectivity index (χ0) is 25.7. The highest BCUT2D eigenvalue weighted by molar-refractivity contribution is 5.77. The summed E-state index contributed by atoms with van der Waals surface area (Å²) in [5, 5.41) is 40.9. The van der Waals surface area contributed by atoms with E-state index in [9.17, 15) is 30.0 Å². The molecule has 0 saturated carbocycles. The number of ether oxygens (including phenoxy) is 3. The number of aliphatic hydroxyl groups is 4. The number of carbonyl (C=O) groups excluding carboxylic acids is 2. The van der Waals surface area contributed by atoms with Crippen molar-refractivity contribution in [1.82, 2.24) is 10.2 Å². The van der Waals surface area contributed by atoms with Crippen LogP contribution in [-0.2, 0) is 23.8 Å². The Morgan fingerprint density at radius 2 is 1.79 bits per heavy atom. The summed E-state index contributed by atoms with van der Waals surface area (Å²) in [5.74, 6) is -0.388. The van der Waals surface area contributed by atoms with E-state index in [1.807, 2.05) is 13.8 Å². The molecule has 0 spiro atoms. The minimum Gasteiger partial charge on any atom is -0.394 e. The summed E-state index contributed by atoms with van der Waals surface area (Å²) >= 11 is 0. The summed E-state index contributed by atoms with van der Waals surface area (Å²) in [5.41, 5.74) is 0. The Bertz CT molecular complexity index is 591. The summed E-state index contributed by atoms with van der Waals surface area (Å²) < 4.78 is 17.1. The van der Waals surface area contributed by atoms with E-state index in [0.29, 0.717) is 38.6 Å². The molecule has 1 aliphatic heterocycles. The van der Waals surface area contributed by atoms with E-state index in [2.05, 4.69) is 5.32 Å². The highest BCUT2D eigenvalue weighted by Gasteiger charge is 2.35. The van der Waals surface area contributed by atoms with Gasteiger partial charge in [0.2, 0.25) is 11.8 Å². The number of nitrogens with zero attached hydrogens (tertiary/aromatic N) is 1. The maximum absolute atomic E-state index is 12.6. The molecule has 200 valence electrons. The van der Waals surface area contributed by atoms with Crippen LogP contribution in [-0.4, -0.2) is 113 Å². The van der Waals surface area contributed by atoms with E-state index in [1.165, 1.54) is 13.8 Å². The Balaban J connectivity index is 2.47. The van der Waals surface area contributed by atoms with Gasteiger partial charge in [0, 0.05) is 26.5 Å². The van der Waals surface area contributed by atoms with Crippen LogP contribution in [0.1, 0.15) is 59.8 Å². The Morgan fingerprint density at radius 1 is 1.09 bits per heavy atom. The first kappa shape index (κ1) is 30.7. The third kappa shape index (κ3) is 10.9. The summed E-state index contributed by atoms with van der Waals surface area (Å²) in [6.07, 6.45) is -0.0304. The number of hydrogen-bond acceptors (Lipinski definition) is 9. The first-order valence-corrected chi connectivity index (χ1v) is 12.1. The van der Waals surface area contributed by atoms with Gasteiger partial charge in [-0.15, -0.1) is 0 Å². The Morgan fingerprint density at radius 3 is 2.32 bits per heavy atom. The predicted octanol–water partition coefficient (Wildman–Crippen LogP) is -0.468. The average Bonchev–Trinajstić information content (AvgIpc) is 3.18. The molecular weight excluding hydrogens is 448 g/mol. The Labute approximate surface area is 202 Å². The maximum atomic E-state index is 12.6. The molecule has 0 bridgehead atoms. The second-order valence-electron chi connectivity index (χ2n) is 9.06. The van der Waals surface area contributed by atoms with Crippen molar-refractivity contribution in [2.75, 3.05) is 33.0 Å². The number of aliphatic hydroxyl groups excluding tert-OH is 4. The highest BCUT2D eigenvalue weighted by Crippen LogP contribution is 2.23. The Hall–Kier alpha value is -1.34. The van der Waals surface area contributed by atoms with Gasteiger partial charge in [0.1, 0.15) is 12.1 Å². The molecule has 0 aromatic rings. The van der Waals surface area contributed by atoms with Gasteiger partial charge in [0.15, 0.2) is 6.29 Å². The molecule has 1 saturated heterocycles. The van der Waals surface area contributed by atoms with Crippen LogP contribution in [0.2, 0.25) is 0 Å². The van der Waals surface area contributed by atoms with Gasteiger partial charge >= 0.3 is 0 Å². The van der Waals surface area contributed by atoms with E-state index in [-0.39, 0.29) is 43.3 Å². The van der Waals surface area contributed by atoms with Gasteiger partial charge < -0.3 is 44.9 Å². The zero-order valence-electron chi connectivity index (χ0n) is 20.9. The summed E-state index contributed by atoms with van der Waals surface area (Å²) in [4.78, 5) is 25.8. The van der Waals surface area contributed by atoms with E-state index in [0.717, 1.165) is 0 Å². The van der Waals surface area contributed by atoms with Crippen molar-refractivity contribution in [2.24, 2.45) is 0 Å². The fourth-order valence-electron chi connectivity index (χ4n) is 3.93. The van der Waals surface area contributed by atoms with Crippen LogP contribution in [0, 0.1) is 0 Å². The fraction of sp³-hybridized carbons (Fsp3) is 0.913. The molecule has 0 aromatic carbocycles. The molecule has 34 heavy (non-hydrogen) atoms. The summed E-state index contributed by atoms with van der Waals surface area (Å²) in [6.45, 7) is 6.40. The van der Waals surface area contributed by atoms with Crippen LogP contribution in [0.15, 0.2) is 0 Å². The summed E-state index contributed by atoms with van der Waals surface area (Å²) in [7, 11) is 0. The van der Waals surface area contributed by atoms with Gasteiger partial charge in [-0.25, -0.2) is 0 Å². The molecule has 2 amide bonds. The molecule has 0 aliphatic carbocycles. The SMILES string of the molecule is CC(=O)N[C@@H](CO)C(OCCCCCC(=O)N1C[C@H](OC(C)C)C[C@H]1CO)OC(CO)[C@@H](C)O. The molecule has 0 aromatic heterocycles. The van der Waals surface area contributed by atoms with Crippen molar-refractivity contribution >= 4 is 11.8 Å². The maximum Gasteiger partial charge on any atom is 0.222 e. The normalized spacial score (nSPS) is 22.0. The standard InChI is InChI=1S/C23H44N2O9/c1-15(2)33-19-10-18(12-26)25(11-19)22(31)8-6-5-7-9-32-23(20(13-27)24-17(4)30)34-21(14-28)16(3)29/h15-16,18-21,23,26-29H,5-14H2,1-4H3,(H,24,30)/t16-,18+,19-,20+,21?,23?/m1/s1. The lowest BCUT2D eigenvalue weighted by Gasteiger charge is -2.30. The largest absolute Gasteiger partial charge is 0.394 e. The van der Waals surface area contributed by atoms with Crippen LogP contribution >= 0.6 is 0 Å². The molecule has 0 radical (unpaired) electrons. The number of carbonyl (C=O) groups is 2. The van der Waals surface area contributed by atoms with E-state index < -0.39 is 37.8 Å². The minimum atomic E-state index is -1.06. The van der Waals surface area contributed by atoms with E-state index >= 15 is 0 Å². The number of rotatable bonds is 17. The lowest BCUT2D eigenvalue weighted by atomic mass is 10.1. The first-order valence-electron chi connectivity index (χ1n) is 12.1. The van der Waals surface area contributed by atoms with E-state index in [4.69, 9.17) is 14.2 Å². The first-order chi connectivity index (χ1) is 16.1. The van der Waals surface area contributed by atoms with Crippen molar-refractivity contribution in [1.29, 1.82) is 0 Å². The third-order valence-electron chi connectivity index (χ3n) is 5.63. The quantitative estimate of drug-likeness (QED) is 0.134. The number of unbranched alkanes of at least 4 members (excludes halogenated alkanes) is 2. The van der Waals surface area contributed by atoms with Gasteiger partial charge in [-0.05, 0) is 40.0 Å². The molecule has 1 heterocycles. The number of hydrogen-bond donors (Lipinski definition) is 5. The average molecular weight is 493 g/mol. The second-order valence-corrected chi connectivity index (χ2v) is 9.06. The van der Waals surface area contributed by atoms with E-state index in [1.54, 1.807) is 4.90 Å². The van der Waals surface area contributed by atoms with Crippen molar-refractivity contribution < 1.29 is 44.2 Å². The van der Waals surface area contributed by atoms with Gasteiger partial charge in [-0.1, -0.05) is 6.42 Å². The molecule has 2 unspecified atom stereocenters. The number of likely N-dealkylation sites (tertiary alicyclic amines) is 1. The second kappa shape index (κ2) is 16.4. The van der Waals surface area contributed by atoms with Crippen LogP contribution in [0.3, 0.4) is 0 Å². The molecule has 5 N–H and O–H groups in total. The molecule has 1 aliphatic rings. The van der Waals surface area contributed by atoms with Crippen molar-refractivity contribution in [3.8, 4) is 0 Å². The molecule has 1 fully saturated rings. The smallest absolute Gasteiger partial charge is 0.222 e.